The van der Waals surface area contributed by atoms with E-state index in [1.807, 2.05) is 0 Å². The molecule has 0 heterocycles. The van der Waals surface area contributed by atoms with E-state index in [-0.39, 0.29) is 18.0 Å². The summed E-state index contributed by atoms with van der Waals surface area (Å²) in [6.45, 7) is 5.79. The molecule has 2 rings (SSSR count). The van der Waals surface area contributed by atoms with Crippen LogP contribution in [0.5, 0.6) is 5.75 Å². The molecule has 1 saturated carbocycles. The lowest BCUT2D eigenvalue weighted by Crippen LogP contribution is -2.61. The van der Waals surface area contributed by atoms with Crippen LogP contribution in [0.2, 0.25) is 0 Å². The summed E-state index contributed by atoms with van der Waals surface area (Å²) in [6.07, 6.45) is 1.87. The lowest BCUT2D eigenvalue weighted by atomic mass is 9.85. The zero-order valence-corrected chi connectivity index (χ0v) is 13.5. The Labute approximate surface area is 128 Å². The summed E-state index contributed by atoms with van der Waals surface area (Å²) in [5, 5.41) is 3.39. The second-order valence-corrected chi connectivity index (χ2v) is 5.82. The predicted molar refractivity (Wildman–Crippen MR) is 80.6 cm³/mol. The molecule has 0 aromatic heterocycles. The summed E-state index contributed by atoms with van der Waals surface area (Å²) < 4.78 is 25.8. The first-order valence-electron chi connectivity index (χ1n) is 7.12. The smallest absolute Gasteiger partial charge is 0.136 e. The van der Waals surface area contributed by atoms with Gasteiger partial charge in [0.05, 0.1) is 4.47 Å². The minimum absolute atomic E-state index is 0.0244. The highest BCUT2D eigenvalue weighted by molar-refractivity contribution is 9.10. The number of likely N-dealkylation sites (N-methyl/N-ethyl adjacent to an activating group) is 1. The van der Waals surface area contributed by atoms with Gasteiger partial charge in [-0.3, -0.25) is 0 Å². The first kappa shape index (κ1) is 15.7. The maximum Gasteiger partial charge on any atom is 0.136 e. The fourth-order valence-corrected chi connectivity index (χ4v) is 2.71. The number of hydrogen-bond donors (Lipinski definition) is 1. The van der Waals surface area contributed by atoms with Crippen molar-refractivity contribution in [2.45, 2.75) is 44.9 Å². The van der Waals surface area contributed by atoms with Crippen LogP contribution in [0.15, 0.2) is 22.7 Å². The minimum Gasteiger partial charge on any atom is -0.486 e. The molecule has 1 aromatic carbocycles. The average molecular weight is 346 g/mol. The molecule has 20 heavy (non-hydrogen) atoms. The number of ether oxygens (including phenoxy) is 2. The fraction of sp³-hybridized carbons (Fsp3) is 0.600. The van der Waals surface area contributed by atoms with Crippen LogP contribution in [0.3, 0.4) is 0 Å². The first-order chi connectivity index (χ1) is 9.65. The van der Waals surface area contributed by atoms with E-state index in [9.17, 15) is 4.39 Å². The van der Waals surface area contributed by atoms with Crippen LogP contribution in [0.4, 0.5) is 4.39 Å². The third-order valence-electron chi connectivity index (χ3n) is 3.40. The molecule has 112 valence electrons. The Hall–Kier alpha value is -0.650. The molecule has 3 nitrogen and oxygen atoms in total. The molecular weight excluding hydrogens is 325 g/mol. The van der Waals surface area contributed by atoms with Crippen LogP contribution in [0, 0.1) is 5.82 Å². The molecule has 0 radical (unpaired) electrons. The maximum atomic E-state index is 13.3. The van der Waals surface area contributed by atoms with Gasteiger partial charge >= 0.3 is 0 Å². The monoisotopic (exact) mass is 345 g/mol. The van der Waals surface area contributed by atoms with Gasteiger partial charge in [0.15, 0.2) is 0 Å². The number of rotatable bonds is 7. The van der Waals surface area contributed by atoms with Gasteiger partial charge in [0, 0.05) is 25.1 Å². The van der Waals surface area contributed by atoms with Crippen LogP contribution in [-0.4, -0.2) is 31.4 Å². The first-order valence-corrected chi connectivity index (χ1v) is 7.91. The van der Waals surface area contributed by atoms with Crippen molar-refractivity contribution in [2.75, 3.05) is 13.2 Å². The second-order valence-electron chi connectivity index (χ2n) is 4.97. The highest BCUT2D eigenvalue weighted by Crippen LogP contribution is 2.33. The van der Waals surface area contributed by atoms with Crippen molar-refractivity contribution in [3.8, 4) is 5.75 Å². The molecule has 0 aliphatic heterocycles. The van der Waals surface area contributed by atoms with Crippen molar-refractivity contribution in [1.29, 1.82) is 0 Å². The van der Waals surface area contributed by atoms with E-state index in [2.05, 4.69) is 35.1 Å². The van der Waals surface area contributed by atoms with Gasteiger partial charge in [0.25, 0.3) is 0 Å². The van der Waals surface area contributed by atoms with Crippen LogP contribution in [-0.2, 0) is 4.74 Å². The van der Waals surface area contributed by atoms with Crippen molar-refractivity contribution in [3.05, 3.63) is 28.5 Å². The number of hydrogen-bond acceptors (Lipinski definition) is 3. The van der Waals surface area contributed by atoms with Crippen molar-refractivity contribution in [2.24, 2.45) is 0 Å². The average Bonchev–Trinajstić information content (AvgIpc) is 2.41. The van der Waals surface area contributed by atoms with Gasteiger partial charge in [-0.25, -0.2) is 4.39 Å². The van der Waals surface area contributed by atoms with Gasteiger partial charge in [-0.2, -0.15) is 0 Å². The molecule has 0 spiro atoms. The third kappa shape index (κ3) is 3.71. The van der Waals surface area contributed by atoms with Gasteiger partial charge < -0.3 is 14.8 Å². The zero-order valence-electron chi connectivity index (χ0n) is 11.9. The Kier molecular flexibility index (Phi) is 5.81. The SMILES string of the molecule is CCCOC1C(NCC)CC1Oc1cc(F)ccc1Br. The lowest BCUT2D eigenvalue weighted by Gasteiger charge is -2.44. The number of halogens is 2. The van der Waals surface area contributed by atoms with Gasteiger partial charge in [-0.15, -0.1) is 0 Å². The largest absolute Gasteiger partial charge is 0.486 e. The standard InChI is InChI=1S/C15H21BrFNO2/c1-3-7-19-15-12(18-4-2)9-14(15)20-13-8-10(17)5-6-11(13)16/h5-6,8,12,14-15,18H,3-4,7,9H2,1-2H3. The highest BCUT2D eigenvalue weighted by atomic mass is 79.9. The van der Waals surface area contributed by atoms with E-state index >= 15 is 0 Å². The molecule has 3 unspecified atom stereocenters. The normalized spacial score (nSPS) is 25.3. The van der Waals surface area contributed by atoms with Crippen LogP contribution < -0.4 is 10.1 Å². The molecule has 1 aliphatic carbocycles. The quantitative estimate of drug-likeness (QED) is 0.820. The Bertz CT molecular complexity index is 444. The van der Waals surface area contributed by atoms with Crippen LogP contribution in [0.25, 0.3) is 0 Å². The molecule has 1 aliphatic rings. The summed E-state index contributed by atoms with van der Waals surface area (Å²) >= 11 is 3.38. The zero-order chi connectivity index (χ0) is 14.5. The Morgan fingerprint density at radius 3 is 2.90 bits per heavy atom. The van der Waals surface area contributed by atoms with Gasteiger partial charge in [0.1, 0.15) is 23.8 Å². The number of nitrogens with one attached hydrogen (secondary N) is 1. The van der Waals surface area contributed by atoms with Crippen LogP contribution in [0.1, 0.15) is 26.7 Å². The molecule has 0 bridgehead atoms. The topological polar surface area (TPSA) is 30.5 Å². The van der Waals surface area contributed by atoms with Crippen molar-refractivity contribution in [1.82, 2.24) is 5.32 Å². The predicted octanol–water partition coefficient (Wildman–Crippen LogP) is 3.51. The third-order valence-corrected chi connectivity index (χ3v) is 4.06. The fourth-order valence-electron chi connectivity index (χ4n) is 2.37. The summed E-state index contributed by atoms with van der Waals surface area (Å²) in [4.78, 5) is 0. The second kappa shape index (κ2) is 7.38. The van der Waals surface area contributed by atoms with E-state index in [4.69, 9.17) is 9.47 Å². The summed E-state index contributed by atoms with van der Waals surface area (Å²) in [5.41, 5.74) is 0. The minimum atomic E-state index is -0.295. The van der Waals surface area contributed by atoms with Crippen molar-refractivity contribution >= 4 is 15.9 Å². The van der Waals surface area contributed by atoms with Crippen LogP contribution >= 0.6 is 15.9 Å². The molecule has 1 aromatic rings. The Morgan fingerprint density at radius 2 is 2.20 bits per heavy atom. The van der Waals surface area contributed by atoms with Gasteiger partial charge in [-0.1, -0.05) is 13.8 Å². The van der Waals surface area contributed by atoms with Crippen molar-refractivity contribution < 1.29 is 13.9 Å². The molecule has 0 saturated heterocycles. The summed E-state index contributed by atoms with van der Waals surface area (Å²) in [7, 11) is 0. The van der Waals surface area contributed by atoms with E-state index in [0.717, 1.165) is 30.5 Å². The Balaban J connectivity index is 1.99. The molecule has 3 atom stereocenters. The van der Waals surface area contributed by atoms with E-state index in [1.54, 1.807) is 6.07 Å². The summed E-state index contributed by atoms with van der Waals surface area (Å²) in [5.74, 6) is 0.242. The van der Waals surface area contributed by atoms with E-state index in [0.29, 0.717) is 11.8 Å². The Morgan fingerprint density at radius 1 is 1.40 bits per heavy atom. The number of benzene rings is 1. The van der Waals surface area contributed by atoms with Gasteiger partial charge in [-0.05, 0) is 41.0 Å². The summed E-state index contributed by atoms with van der Waals surface area (Å²) in [6, 6.07) is 4.79. The van der Waals surface area contributed by atoms with Crippen molar-refractivity contribution in [3.63, 3.8) is 0 Å². The maximum absolute atomic E-state index is 13.3. The van der Waals surface area contributed by atoms with E-state index < -0.39 is 0 Å². The molecule has 1 fully saturated rings. The van der Waals surface area contributed by atoms with E-state index in [1.165, 1.54) is 12.1 Å². The lowest BCUT2D eigenvalue weighted by molar-refractivity contribution is -0.107. The molecular formula is C15H21BrFNO2. The highest BCUT2D eigenvalue weighted by Gasteiger charge is 2.43. The van der Waals surface area contributed by atoms with Gasteiger partial charge in [0.2, 0.25) is 0 Å². The molecule has 1 N–H and O–H groups in total. The molecule has 5 heteroatoms. The molecule has 0 amide bonds.